The van der Waals surface area contributed by atoms with Gasteiger partial charge in [-0.3, -0.25) is 14.5 Å². The van der Waals surface area contributed by atoms with Crippen molar-refractivity contribution >= 4 is 22.8 Å². The lowest BCUT2D eigenvalue weighted by atomic mass is 9.87. The predicted molar refractivity (Wildman–Crippen MR) is 144 cm³/mol. The quantitative estimate of drug-likeness (QED) is 0.456. The molecular formula is C31H35N3O3. The molecule has 2 fully saturated rings. The summed E-state index contributed by atoms with van der Waals surface area (Å²) in [4.78, 5) is 32.6. The van der Waals surface area contributed by atoms with Gasteiger partial charge in [-0.1, -0.05) is 61.5 Å². The van der Waals surface area contributed by atoms with Crippen molar-refractivity contribution in [3.05, 3.63) is 83.1 Å². The standard InChI is InChI=1S/C31H35N3O3/c1-2-28-26(25-10-6-7-11-29(25)37-28)19-33-21-30(35)34-17-16-32(20-27(34)31(33)36)18-22-12-14-24(15-13-22)23-8-4-3-5-9-23/h3-4,6-7,10-15,23,27H,2,5,8-9,16-21H2,1H3. The molecule has 2 saturated heterocycles. The Morgan fingerprint density at radius 2 is 1.81 bits per heavy atom. The van der Waals surface area contributed by atoms with E-state index in [1.165, 1.54) is 24.0 Å². The van der Waals surface area contributed by atoms with Crippen LogP contribution in [-0.4, -0.2) is 58.7 Å². The van der Waals surface area contributed by atoms with Crippen molar-refractivity contribution in [1.82, 2.24) is 14.7 Å². The molecule has 0 spiro atoms. The van der Waals surface area contributed by atoms with Crippen LogP contribution in [0.3, 0.4) is 0 Å². The second kappa shape index (κ2) is 10.2. The maximum absolute atomic E-state index is 13.7. The number of hydrogen-bond acceptors (Lipinski definition) is 4. The Bertz CT molecular complexity index is 1330. The summed E-state index contributed by atoms with van der Waals surface area (Å²) in [6, 6.07) is 16.5. The van der Waals surface area contributed by atoms with Crippen LogP contribution in [0.1, 0.15) is 54.6 Å². The SMILES string of the molecule is CCc1oc2ccccc2c1CN1CC(=O)N2CCN(Cc3ccc(C4CC=CCC4)cc3)CC2C1=O. The first-order chi connectivity index (χ1) is 18.1. The minimum absolute atomic E-state index is 0.0392. The highest BCUT2D eigenvalue weighted by Crippen LogP contribution is 2.31. The largest absolute Gasteiger partial charge is 0.461 e. The second-order valence-corrected chi connectivity index (χ2v) is 10.6. The lowest BCUT2D eigenvalue weighted by Gasteiger charge is -2.46. The summed E-state index contributed by atoms with van der Waals surface area (Å²) in [7, 11) is 0. The van der Waals surface area contributed by atoms with Crippen molar-refractivity contribution in [1.29, 1.82) is 0 Å². The molecule has 0 radical (unpaired) electrons. The fourth-order valence-electron chi connectivity index (χ4n) is 6.22. The van der Waals surface area contributed by atoms with Gasteiger partial charge in [-0.05, 0) is 42.4 Å². The molecule has 1 aliphatic carbocycles. The molecule has 2 aliphatic heterocycles. The molecule has 3 aromatic rings. The Hall–Kier alpha value is -3.38. The summed E-state index contributed by atoms with van der Waals surface area (Å²) in [6.07, 6.45) is 8.84. The normalized spacial score (nSPS) is 22.6. The average molecular weight is 498 g/mol. The maximum atomic E-state index is 13.7. The molecule has 0 bridgehead atoms. The highest BCUT2D eigenvalue weighted by Gasteiger charge is 2.42. The number of allylic oxidation sites excluding steroid dienone is 2. The third-order valence-corrected chi connectivity index (χ3v) is 8.29. The number of piperazine rings is 2. The van der Waals surface area contributed by atoms with Crippen LogP contribution < -0.4 is 0 Å². The van der Waals surface area contributed by atoms with E-state index in [9.17, 15) is 9.59 Å². The molecule has 6 heteroatoms. The first kappa shape index (κ1) is 24.0. The molecule has 2 unspecified atom stereocenters. The Kier molecular flexibility index (Phi) is 6.59. The van der Waals surface area contributed by atoms with Gasteiger partial charge in [0.25, 0.3) is 0 Å². The summed E-state index contributed by atoms with van der Waals surface area (Å²) in [5.74, 6) is 1.60. The van der Waals surface area contributed by atoms with Crippen molar-refractivity contribution in [3.63, 3.8) is 0 Å². The number of rotatable bonds is 6. The number of carbonyl (C=O) groups excluding carboxylic acids is 2. The Morgan fingerprint density at radius 3 is 2.59 bits per heavy atom. The van der Waals surface area contributed by atoms with E-state index >= 15 is 0 Å². The Morgan fingerprint density at radius 1 is 0.973 bits per heavy atom. The number of benzene rings is 2. The van der Waals surface area contributed by atoms with Crippen LogP contribution in [0.25, 0.3) is 11.0 Å². The molecule has 3 aliphatic rings. The minimum atomic E-state index is -0.424. The van der Waals surface area contributed by atoms with Gasteiger partial charge < -0.3 is 14.2 Å². The molecule has 2 aromatic carbocycles. The molecule has 192 valence electrons. The second-order valence-electron chi connectivity index (χ2n) is 10.6. The van der Waals surface area contributed by atoms with Gasteiger partial charge in [0, 0.05) is 43.5 Å². The van der Waals surface area contributed by atoms with Crippen molar-refractivity contribution < 1.29 is 14.0 Å². The first-order valence-electron chi connectivity index (χ1n) is 13.6. The van der Waals surface area contributed by atoms with E-state index in [-0.39, 0.29) is 18.4 Å². The number of hydrogen-bond donors (Lipinski definition) is 0. The minimum Gasteiger partial charge on any atom is -0.461 e. The van der Waals surface area contributed by atoms with Gasteiger partial charge in [0.05, 0.1) is 6.54 Å². The van der Waals surface area contributed by atoms with Gasteiger partial charge in [0.2, 0.25) is 11.8 Å². The molecular weight excluding hydrogens is 462 g/mol. The van der Waals surface area contributed by atoms with E-state index in [0.29, 0.717) is 25.6 Å². The predicted octanol–water partition coefficient (Wildman–Crippen LogP) is 4.87. The van der Waals surface area contributed by atoms with Crippen LogP contribution in [0.15, 0.2) is 65.1 Å². The van der Waals surface area contributed by atoms with E-state index in [1.807, 2.05) is 24.3 Å². The van der Waals surface area contributed by atoms with Crippen molar-refractivity contribution in [2.75, 3.05) is 26.2 Å². The van der Waals surface area contributed by atoms with Crippen LogP contribution >= 0.6 is 0 Å². The number of furan rings is 1. The number of nitrogens with zero attached hydrogens (tertiary/aromatic N) is 3. The molecule has 0 N–H and O–H groups in total. The summed E-state index contributed by atoms with van der Waals surface area (Å²) in [5, 5.41) is 1.03. The third kappa shape index (κ3) is 4.71. The number of amides is 2. The number of carbonyl (C=O) groups is 2. The molecule has 2 atom stereocenters. The molecule has 6 rings (SSSR count). The summed E-state index contributed by atoms with van der Waals surface area (Å²) < 4.78 is 6.04. The van der Waals surface area contributed by atoms with Crippen molar-refractivity contribution in [3.8, 4) is 0 Å². The van der Waals surface area contributed by atoms with E-state index < -0.39 is 6.04 Å². The molecule has 37 heavy (non-hydrogen) atoms. The average Bonchev–Trinajstić information content (AvgIpc) is 3.30. The summed E-state index contributed by atoms with van der Waals surface area (Å²) in [5.41, 5.74) is 4.53. The molecule has 3 heterocycles. The highest BCUT2D eigenvalue weighted by atomic mass is 16.3. The Labute approximate surface area is 218 Å². The van der Waals surface area contributed by atoms with Gasteiger partial charge in [-0.25, -0.2) is 0 Å². The molecule has 0 saturated carbocycles. The van der Waals surface area contributed by atoms with Crippen molar-refractivity contribution in [2.45, 2.75) is 57.7 Å². The van der Waals surface area contributed by atoms with Gasteiger partial charge >= 0.3 is 0 Å². The zero-order valence-electron chi connectivity index (χ0n) is 21.6. The summed E-state index contributed by atoms with van der Waals surface area (Å²) in [6.45, 7) is 5.36. The number of para-hydroxylation sites is 1. The van der Waals surface area contributed by atoms with E-state index in [1.54, 1.807) is 9.80 Å². The van der Waals surface area contributed by atoms with E-state index in [4.69, 9.17) is 4.42 Å². The maximum Gasteiger partial charge on any atom is 0.247 e. The van der Waals surface area contributed by atoms with Crippen LogP contribution in [0.5, 0.6) is 0 Å². The molecule has 2 amide bonds. The third-order valence-electron chi connectivity index (χ3n) is 8.29. The zero-order chi connectivity index (χ0) is 25.4. The lowest BCUT2D eigenvalue weighted by molar-refractivity contribution is -0.160. The van der Waals surface area contributed by atoms with Gasteiger partial charge in [0.15, 0.2) is 0 Å². The fourth-order valence-corrected chi connectivity index (χ4v) is 6.22. The van der Waals surface area contributed by atoms with Gasteiger partial charge in [-0.15, -0.1) is 0 Å². The monoisotopic (exact) mass is 497 g/mol. The smallest absolute Gasteiger partial charge is 0.247 e. The number of fused-ring (bicyclic) bond motifs is 2. The first-order valence-corrected chi connectivity index (χ1v) is 13.6. The van der Waals surface area contributed by atoms with E-state index in [0.717, 1.165) is 48.2 Å². The zero-order valence-corrected chi connectivity index (χ0v) is 21.6. The van der Waals surface area contributed by atoms with Gasteiger partial charge in [0.1, 0.15) is 23.9 Å². The van der Waals surface area contributed by atoms with Crippen LogP contribution in [0.4, 0.5) is 0 Å². The van der Waals surface area contributed by atoms with Crippen LogP contribution in [0.2, 0.25) is 0 Å². The topological polar surface area (TPSA) is 57.0 Å². The summed E-state index contributed by atoms with van der Waals surface area (Å²) >= 11 is 0. The number of aryl methyl sites for hydroxylation is 1. The van der Waals surface area contributed by atoms with E-state index in [2.05, 4.69) is 48.2 Å². The van der Waals surface area contributed by atoms with Crippen LogP contribution in [-0.2, 0) is 29.1 Å². The Balaban J connectivity index is 1.15. The molecule has 6 nitrogen and oxygen atoms in total. The van der Waals surface area contributed by atoms with Gasteiger partial charge in [-0.2, -0.15) is 0 Å². The lowest BCUT2D eigenvalue weighted by Crippen LogP contribution is -2.66. The fraction of sp³-hybridized carbons (Fsp3) is 0.419. The van der Waals surface area contributed by atoms with Crippen LogP contribution in [0, 0.1) is 0 Å². The highest BCUT2D eigenvalue weighted by molar-refractivity contribution is 5.95. The van der Waals surface area contributed by atoms with Crippen molar-refractivity contribution in [2.24, 2.45) is 0 Å². The molecule has 1 aromatic heterocycles.